The van der Waals surface area contributed by atoms with E-state index in [2.05, 4.69) is 0 Å². The predicted molar refractivity (Wildman–Crippen MR) is 83.0 cm³/mol. The Morgan fingerprint density at radius 3 is 2.50 bits per heavy atom. The SMILES string of the molecule is Cl.NC1(Cl)CC=C(Cl)C=C1c1cc(Cl)ccc1Cl. The summed E-state index contributed by atoms with van der Waals surface area (Å²) in [5.74, 6) is 0. The summed E-state index contributed by atoms with van der Waals surface area (Å²) in [5.41, 5.74) is 7.42. The zero-order chi connectivity index (χ0) is 12.6. The lowest BCUT2D eigenvalue weighted by Crippen LogP contribution is -2.35. The standard InChI is InChI=1S/C12H9Cl4N.ClH/c13-7-1-2-11(15)9(5-7)10-6-8(14)3-4-12(10,16)17;/h1-3,5-6H,4,17H2;1H. The van der Waals surface area contributed by atoms with E-state index < -0.39 is 5.00 Å². The van der Waals surface area contributed by atoms with Crippen LogP contribution in [0.2, 0.25) is 10.0 Å². The third-order valence-electron chi connectivity index (χ3n) is 2.54. The van der Waals surface area contributed by atoms with Gasteiger partial charge in [0.05, 0.1) is 0 Å². The maximum Gasteiger partial charge on any atom is 0.121 e. The van der Waals surface area contributed by atoms with Crippen LogP contribution in [0.1, 0.15) is 12.0 Å². The molecule has 0 spiro atoms. The van der Waals surface area contributed by atoms with Gasteiger partial charge in [0.2, 0.25) is 0 Å². The lowest BCUT2D eigenvalue weighted by atomic mass is 9.92. The van der Waals surface area contributed by atoms with Gasteiger partial charge in [-0.3, -0.25) is 0 Å². The van der Waals surface area contributed by atoms with E-state index in [0.29, 0.717) is 32.6 Å². The van der Waals surface area contributed by atoms with Gasteiger partial charge in [-0.05, 0) is 29.8 Å². The Morgan fingerprint density at radius 2 is 1.83 bits per heavy atom. The van der Waals surface area contributed by atoms with E-state index >= 15 is 0 Å². The summed E-state index contributed by atoms with van der Waals surface area (Å²) in [6, 6.07) is 5.15. The molecule has 1 unspecified atom stereocenters. The van der Waals surface area contributed by atoms with Crippen LogP contribution in [0.5, 0.6) is 0 Å². The molecule has 0 heterocycles. The van der Waals surface area contributed by atoms with E-state index in [1.165, 1.54) is 0 Å². The van der Waals surface area contributed by atoms with E-state index in [1.54, 1.807) is 30.4 Å². The molecular formula is C12H10Cl5N. The van der Waals surface area contributed by atoms with Crippen LogP contribution >= 0.6 is 58.8 Å². The van der Waals surface area contributed by atoms with Gasteiger partial charge in [0.15, 0.2) is 0 Å². The second-order valence-corrected chi connectivity index (χ2v) is 5.79. The highest BCUT2D eigenvalue weighted by atomic mass is 35.5. The highest BCUT2D eigenvalue weighted by Crippen LogP contribution is 2.40. The Morgan fingerprint density at radius 1 is 1.17 bits per heavy atom. The molecule has 6 heteroatoms. The summed E-state index contributed by atoms with van der Waals surface area (Å²) in [7, 11) is 0. The molecule has 0 bridgehead atoms. The fourth-order valence-corrected chi connectivity index (χ4v) is 2.49. The minimum Gasteiger partial charge on any atom is -0.309 e. The fraction of sp³-hybridized carbons (Fsp3) is 0.167. The zero-order valence-electron chi connectivity index (χ0n) is 9.09. The number of hydrogen-bond acceptors (Lipinski definition) is 1. The van der Waals surface area contributed by atoms with Gasteiger partial charge >= 0.3 is 0 Å². The third-order valence-corrected chi connectivity index (χ3v) is 3.73. The number of alkyl halides is 1. The van der Waals surface area contributed by atoms with E-state index in [4.69, 9.17) is 52.1 Å². The highest BCUT2D eigenvalue weighted by molar-refractivity contribution is 6.38. The van der Waals surface area contributed by atoms with Gasteiger partial charge in [-0.2, -0.15) is 0 Å². The largest absolute Gasteiger partial charge is 0.309 e. The van der Waals surface area contributed by atoms with Crippen LogP contribution in [0.15, 0.2) is 35.4 Å². The summed E-state index contributed by atoms with van der Waals surface area (Å²) in [5, 5.41) is 1.71. The molecule has 98 valence electrons. The molecule has 0 saturated heterocycles. The molecule has 0 saturated carbocycles. The minimum atomic E-state index is -1.01. The Labute approximate surface area is 132 Å². The first kappa shape index (κ1) is 16.2. The van der Waals surface area contributed by atoms with Crippen molar-refractivity contribution in [3.8, 4) is 0 Å². The molecule has 1 aliphatic rings. The summed E-state index contributed by atoms with van der Waals surface area (Å²) in [6.45, 7) is 0. The Hall–Kier alpha value is 0.110. The normalized spacial score (nSPS) is 22.9. The summed E-state index contributed by atoms with van der Waals surface area (Å²) in [4.78, 5) is -1.01. The summed E-state index contributed by atoms with van der Waals surface area (Å²) >= 11 is 24.3. The Kier molecular flexibility index (Phi) is 5.43. The molecule has 18 heavy (non-hydrogen) atoms. The van der Waals surface area contributed by atoms with Crippen LogP contribution in [0, 0.1) is 0 Å². The van der Waals surface area contributed by atoms with E-state index in [0.717, 1.165) is 0 Å². The van der Waals surface area contributed by atoms with Crippen LogP contribution in [0.4, 0.5) is 0 Å². The van der Waals surface area contributed by atoms with E-state index in [9.17, 15) is 0 Å². The average molecular weight is 345 g/mol. The maximum atomic E-state index is 6.27. The van der Waals surface area contributed by atoms with Gasteiger partial charge in [-0.1, -0.05) is 52.5 Å². The van der Waals surface area contributed by atoms with Gasteiger partial charge in [-0.15, -0.1) is 12.4 Å². The molecule has 2 rings (SSSR count). The third kappa shape index (κ3) is 3.36. The van der Waals surface area contributed by atoms with Crippen LogP contribution in [-0.4, -0.2) is 5.00 Å². The topological polar surface area (TPSA) is 26.0 Å². The van der Waals surface area contributed by atoms with Crippen molar-refractivity contribution in [1.82, 2.24) is 0 Å². The maximum absolute atomic E-state index is 6.27. The molecule has 0 radical (unpaired) electrons. The molecule has 1 aromatic rings. The van der Waals surface area contributed by atoms with E-state index in [-0.39, 0.29) is 12.4 Å². The number of halogens is 5. The van der Waals surface area contributed by atoms with Crippen LogP contribution in [0.25, 0.3) is 5.57 Å². The van der Waals surface area contributed by atoms with E-state index in [1.807, 2.05) is 0 Å². The Balaban J connectivity index is 0.00000162. The van der Waals surface area contributed by atoms with Crippen molar-refractivity contribution in [3.05, 3.63) is 51.0 Å². The zero-order valence-corrected chi connectivity index (χ0v) is 12.9. The van der Waals surface area contributed by atoms with Gasteiger partial charge < -0.3 is 5.73 Å². The van der Waals surface area contributed by atoms with Crippen molar-refractivity contribution in [2.24, 2.45) is 5.73 Å². The second kappa shape index (κ2) is 6.04. The molecule has 0 aliphatic heterocycles. The molecule has 1 aromatic carbocycles. The predicted octanol–water partition coefficient (Wildman–Crippen LogP) is 5.22. The van der Waals surface area contributed by atoms with Crippen molar-refractivity contribution in [1.29, 1.82) is 0 Å². The lowest BCUT2D eigenvalue weighted by molar-refractivity contribution is 0.761. The van der Waals surface area contributed by atoms with Crippen molar-refractivity contribution in [2.75, 3.05) is 0 Å². The molecule has 1 atom stereocenters. The smallest absolute Gasteiger partial charge is 0.121 e. The van der Waals surface area contributed by atoms with Crippen LogP contribution in [0.3, 0.4) is 0 Å². The quantitative estimate of drug-likeness (QED) is 0.548. The van der Waals surface area contributed by atoms with Gasteiger partial charge in [0.25, 0.3) is 0 Å². The number of hydrogen-bond donors (Lipinski definition) is 1. The first-order valence-electron chi connectivity index (χ1n) is 4.91. The average Bonchev–Trinajstić information content (AvgIpc) is 2.26. The Bertz CT molecular complexity index is 519. The summed E-state index contributed by atoms with van der Waals surface area (Å²) < 4.78 is 0. The first-order chi connectivity index (χ1) is 7.90. The molecular weight excluding hydrogens is 335 g/mol. The van der Waals surface area contributed by atoms with Crippen molar-refractivity contribution in [2.45, 2.75) is 11.4 Å². The molecule has 0 aromatic heterocycles. The van der Waals surface area contributed by atoms with Crippen molar-refractivity contribution < 1.29 is 0 Å². The van der Waals surface area contributed by atoms with Gasteiger partial charge in [0, 0.05) is 27.1 Å². The first-order valence-corrected chi connectivity index (χ1v) is 6.42. The van der Waals surface area contributed by atoms with Crippen LogP contribution in [-0.2, 0) is 0 Å². The second-order valence-electron chi connectivity index (χ2n) is 3.84. The van der Waals surface area contributed by atoms with Crippen molar-refractivity contribution >= 4 is 64.4 Å². The summed E-state index contributed by atoms with van der Waals surface area (Å²) in [6.07, 6.45) is 3.94. The number of rotatable bonds is 1. The molecule has 0 fully saturated rings. The van der Waals surface area contributed by atoms with Crippen molar-refractivity contribution in [3.63, 3.8) is 0 Å². The monoisotopic (exact) mass is 343 g/mol. The molecule has 0 amide bonds. The number of nitrogens with two attached hydrogens (primary N) is 1. The van der Waals surface area contributed by atoms with Crippen LogP contribution < -0.4 is 5.73 Å². The lowest BCUT2D eigenvalue weighted by Gasteiger charge is -2.28. The number of allylic oxidation sites excluding steroid dienone is 2. The molecule has 2 N–H and O–H groups in total. The number of benzene rings is 1. The van der Waals surface area contributed by atoms with Gasteiger partial charge in [0.1, 0.15) is 5.00 Å². The molecule has 1 nitrogen and oxygen atoms in total. The van der Waals surface area contributed by atoms with Gasteiger partial charge in [-0.25, -0.2) is 0 Å². The molecule has 1 aliphatic carbocycles. The fourth-order valence-electron chi connectivity index (χ4n) is 1.68. The highest BCUT2D eigenvalue weighted by Gasteiger charge is 2.31. The minimum absolute atomic E-state index is 0.